The van der Waals surface area contributed by atoms with E-state index in [1.54, 1.807) is 60.7 Å². The zero-order valence-electron chi connectivity index (χ0n) is 15.4. The number of nitrogens with one attached hydrogen (secondary N) is 1. The van der Waals surface area contributed by atoms with E-state index in [2.05, 4.69) is 26.5 Å². The summed E-state index contributed by atoms with van der Waals surface area (Å²) in [6, 6.07) is 18.7. The van der Waals surface area contributed by atoms with E-state index >= 15 is 0 Å². The fourth-order valence-electron chi connectivity index (χ4n) is 2.47. The van der Waals surface area contributed by atoms with E-state index in [0.717, 1.165) is 10.0 Å². The highest BCUT2D eigenvalue weighted by atomic mass is 79.9. The Morgan fingerprint density at radius 1 is 1.03 bits per heavy atom. The van der Waals surface area contributed by atoms with Gasteiger partial charge >= 0.3 is 5.97 Å². The Bertz CT molecular complexity index is 1080. The number of rotatable bonds is 5. The summed E-state index contributed by atoms with van der Waals surface area (Å²) in [4.78, 5) is 24.6. The number of halogens is 2. The Morgan fingerprint density at radius 2 is 1.79 bits per heavy atom. The summed E-state index contributed by atoms with van der Waals surface area (Å²) in [6.07, 6.45) is 1.42. The zero-order chi connectivity index (χ0) is 20.8. The second-order valence-electron chi connectivity index (χ2n) is 6.15. The summed E-state index contributed by atoms with van der Waals surface area (Å²) in [7, 11) is 0. The number of aryl methyl sites for hydroxylation is 1. The van der Waals surface area contributed by atoms with E-state index in [4.69, 9.17) is 16.3 Å². The summed E-state index contributed by atoms with van der Waals surface area (Å²) in [5, 5.41) is 4.52. The molecule has 0 unspecified atom stereocenters. The summed E-state index contributed by atoms with van der Waals surface area (Å²) in [6.45, 7) is 1.91. The number of carbonyl (C=O) groups excluding carboxylic acids is 2. The van der Waals surface area contributed by atoms with Gasteiger partial charge in [0.05, 0.1) is 11.8 Å². The van der Waals surface area contributed by atoms with Crippen molar-refractivity contribution in [2.75, 3.05) is 0 Å². The molecule has 1 N–H and O–H groups in total. The van der Waals surface area contributed by atoms with Crippen molar-refractivity contribution < 1.29 is 14.3 Å². The van der Waals surface area contributed by atoms with Crippen molar-refractivity contribution in [2.45, 2.75) is 6.92 Å². The number of amides is 1. The van der Waals surface area contributed by atoms with Gasteiger partial charge < -0.3 is 4.74 Å². The lowest BCUT2D eigenvalue weighted by atomic mass is 10.1. The molecule has 0 atom stereocenters. The highest BCUT2D eigenvalue weighted by Gasteiger charge is 2.12. The van der Waals surface area contributed by atoms with Crippen LogP contribution in [0.5, 0.6) is 5.75 Å². The van der Waals surface area contributed by atoms with Crippen molar-refractivity contribution >= 4 is 45.6 Å². The van der Waals surface area contributed by atoms with Crippen LogP contribution in [-0.2, 0) is 0 Å². The third kappa shape index (κ3) is 5.76. The summed E-state index contributed by atoms with van der Waals surface area (Å²) in [5.41, 5.74) is 4.84. The summed E-state index contributed by atoms with van der Waals surface area (Å²) >= 11 is 9.22. The lowest BCUT2D eigenvalue weighted by Crippen LogP contribution is -2.17. The van der Waals surface area contributed by atoms with Gasteiger partial charge in [-0.05, 0) is 61.5 Å². The van der Waals surface area contributed by atoms with Crippen molar-refractivity contribution in [1.29, 1.82) is 0 Å². The molecule has 7 heteroatoms. The number of benzene rings is 3. The van der Waals surface area contributed by atoms with Crippen LogP contribution in [0.15, 0.2) is 76.3 Å². The minimum Gasteiger partial charge on any atom is -0.422 e. The largest absolute Gasteiger partial charge is 0.422 e. The summed E-state index contributed by atoms with van der Waals surface area (Å²) in [5.74, 6) is -0.552. The van der Waals surface area contributed by atoms with Gasteiger partial charge in [0.15, 0.2) is 0 Å². The van der Waals surface area contributed by atoms with Crippen LogP contribution in [0.4, 0.5) is 0 Å². The van der Waals surface area contributed by atoms with Crippen LogP contribution in [0, 0.1) is 6.92 Å². The number of hydrogen-bond donors (Lipinski definition) is 1. The molecule has 0 bridgehead atoms. The van der Waals surface area contributed by atoms with Gasteiger partial charge in [-0.3, -0.25) is 4.79 Å². The van der Waals surface area contributed by atoms with Gasteiger partial charge in [-0.15, -0.1) is 0 Å². The van der Waals surface area contributed by atoms with E-state index in [1.165, 1.54) is 6.21 Å². The Morgan fingerprint density at radius 3 is 2.52 bits per heavy atom. The van der Waals surface area contributed by atoms with Crippen LogP contribution < -0.4 is 10.2 Å². The molecule has 1 amide bonds. The Hall–Kier alpha value is -2.96. The van der Waals surface area contributed by atoms with Gasteiger partial charge in [0.1, 0.15) is 5.75 Å². The van der Waals surface area contributed by atoms with Crippen LogP contribution in [0.1, 0.15) is 31.8 Å². The number of carbonyl (C=O) groups is 2. The van der Waals surface area contributed by atoms with Crippen molar-refractivity contribution in [3.8, 4) is 5.75 Å². The molecule has 5 nitrogen and oxygen atoms in total. The first kappa shape index (κ1) is 20.8. The first-order valence-corrected chi connectivity index (χ1v) is 9.77. The molecule has 29 heavy (non-hydrogen) atoms. The third-order valence-electron chi connectivity index (χ3n) is 3.90. The van der Waals surface area contributed by atoms with Crippen molar-refractivity contribution in [3.05, 3.63) is 98.5 Å². The van der Waals surface area contributed by atoms with Gasteiger partial charge in [-0.25, -0.2) is 10.2 Å². The normalized spacial score (nSPS) is 10.7. The molecule has 0 heterocycles. The van der Waals surface area contributed by atoms with E-state index < -0.39 is 5.97 Å². The average Bonchev–Trinajstić information content (AvgIpc) is 2.70. The number of nitrogens with zero attached hydrogens (tertiary/aromatic N) is 1. The van der Waals surface area contributed by atoms with E-state index in [0.29, 0.717) is 27.5 Å². The fraction of sp³-hybridized carbons (Fsp3) is 0.0455. The van der Waals surface area contributed by atoms with Crippen LogP contribution in [0.3, 0.4) is 0 Å². The first-order chi connectivity index (χ1) is 13.9. The van der Waals surface area contributed by atoms with E-state index in [1.807, 2.05) is 13.0 Å². The maximum Gasteiger partial charge on any atom is 0.343 e. The molecule has 0 aliphatic heterocycles. The number of hydrazone groups is 1. The van der Waals surface area contributed by atoms with Crippen LogP contribution >= 0.6 is 27.5 Å². The molecule has 0 saturated carbocycles. The van der Waals surface area contributed by atoms with Crippen molar-refractivity contribution in [1.82, 2.24) is 5.43 Å². The smallest absolute Gasteiger partial charge is 0.343 e. The van der Waals surface area contributed by atoms with Gasteiger partial charge in [0.25, 0.3) is 5.91 Å². The zero-order valence-corrected chi connectivity index (χ0v) is 17.7. The molecule has 0 aromatic heterocycles. The minimum atomic E-state index is -0.526. The topological polar surface area (TPSA) is 67.8 Å². The van der Waals surface area contributed by atoms with Crippen LogP contribution in [-0.4, -0.2) is 18.1 Å². The predicted octanol–water partition coefficient (Wildman–Crippen LogP) is 5.39. The molecular weight excluding hydrogens is 456 g/mol. The Kier molecular flexibility index (Phi) is 6.80. The highest BCUT2D eigenvalue weighted by Crippen LogP contribution is 2.23. The van der Waals surface area contributed by atoms with E-state index in [-0.39, 0.29) is 5.91 Å². The molecule has 0 spiro atoms. The molecular formula is C22H16BrClN2O3. The monoisotopic (exact) mass is 470 g/mol. The van der Waals surface area contributed by atoms with Crippen molar-refractivity contribution in [2.24, 2.45) is 5.10 Å². The standard InChI is InChI=1S/C22H16BrClN2O3/c1-14-3-2-4-16(11-14)21(27)26-25-13-17-12-18(23)7-10-20(17)29-22(28)15-5-8-19(24)9-6-15/h2-13H,1H3,(H,26,27)/b25-13+. The number of esters is 1. The maximum atomic E-state index is 12.4. The second kappa shape index (κ2) is 9.49. The van der Waals surface area contributed by atoms with Gasteiger partial charge in [0, 0.05) is 20.6 Å². The molecule has 3 aromatic rings. The molecule has 3 rings (SSSR count). The van der Waals surface area contributed by atoms with Gasteiger partial charge in [0.2, 0.25) is 0 Å². The van der Waals surface area contributed by atoms with Gasteiger partial charge in [-0.2, -0.15) is 5.10 Å². The van der Waals surface area contributed by atoms with Crippen LogP contribution in [0.2, 0.25) is 5.02 Å². The summed E-state index contributed by atoms with van der Waals surface area (Å²) < 4.78 is 6.25. The first-order valence-electron chi connectivity index (χ1n) is 8.60. The van der Waals surface area contributed by atoms with Crippen molar-refractivity contribution in [3.63, 3.8) is 0 Å². The quantitative estimate of drug-likeness (QED) is 0.235. The number of hydrogen-bond acceptors (Lipinski definition) is 4. The SMILES string of the molecule is Cc1cccc(C(=O)N/N=C/c2cc(Br)ccc2OC(=O)c2ccc(Cl)cc2)c1. The Labute approximate surface area is 181 Å². The van der Waals surface area contributed by atoms with E-state index in [9.17, 15) is 9.59 Å². The predicted molar refractivity (Wildman–Crippen MR) is 117 cm³/mol. The molecule has 0 fully saturated rings. The minimum absolute atomic E-state index is 0.307. The molecule has 0 aliphatic rings. The average molecular weight is 472 g/mol. The second-order valence-corrected chi connectivity index (χ2v) is 7.50. The van der Waals surface area contributed by atoms with Gasteiger partial charge in [-0.1, -0.05) is 45.2 Å². The molecule has 0 aliphatic carbocycles. The lowest BCUT2D eigenvalue weighted by Gasteiger charge is -2.08. The third-order valence-corrected chi connectivity index (χ3v) is 4.65. The molecule has 0 saturated heterocycles. The van der Waals surface area contributed by atoms with Crippen LogP contribution in [0.25, 0.3) is 0 Å². The fourth-order valence-corrected chi connectivity index (χ4v) is 2.97. The number of ether oxygens (including phenoxy) is 1. The highest BCUT2D eigenvalue weighted by molar-refractivity contribution is 9.10. The molecule has 3 aromatic carbocycles. The molecule has 146 valence electrons. The maximum absolute atomic E-state index is 12.4. The molecule has 0 radical (unpaired) electrons. The lowest BCUT2D eigenvalue weighted by molar-refractivity contribution is 0.0734. The Balaban J connectivity index is 1.74.